The summed E-state index contributed by atoms with van der Waals surface area (Å²) in [5.41, 5.74) is 3.58. The standard InChI is InChI=1S/C20H22N6O2/c1-4-18(27)25-9-13-5-17(15(13)10-25)28-20-19-12(2)6-22-26(19)11-16(23-20)14-7-21-24(3)8-14/h4,6-8,11,13,15,17H,1,5,9-10H2,2-3H3/t13-,15+,17-/m0/s1. The molecule has 144 valence electrons. The third-order valence-corrected chi connectivity index (χ3v) is 5.90. The fraction of sp³-hybridized carbons (Fsp3) is 0.400. The second-order valence-electron chi connectivity index (χ2n) is 7.72. The van der Waals surface area contributed by atoms with E-state index in [1.807, 2.05) is 42.0 Å². The normalized spacial score (nSPS) is 23.5. The first-order valence-electron chi connectivity index (χ1n) is 9.45. The third kappa shape index (κ3) is 2.59. The van der Waals surface area contributed by atoms with E-state index in [0.29, 0.717) is 17.7 Å². The molecule has 3 aromatic heterocycles. The van der Waals surface area contributed by atoms with Gasteiger partial charge in [0.1, 0.15) is 11.6 Å². The lowest BCUT2D eigenvalue weighted by Gasteiger charge is -2.38. The predicted molar refractivity (Wildman–Crippen MR) is 103 cm³/mol. The Morgan fingerprint density at radius 2 is 2.14 bits per heavy atom. The van der Waals surface area contributed by atoms with Gasteiger partial charge in [0.2, 0.25) is 11.8 Å². The highest BCUT2D eigenvalue weighted by Crippen LogP contribution is 2.43. The van der Waals surface area contributed by atoms with Crippen LogP contribution in [0, 0.1) is 18.8 Å². The van der Waals surface area contributed by atoms with Crippen molar-refractivity contribution in [2.75, 3.05) is 13.1 Å². The predicted octanol–water partition coefficient (Wildman–Crippen LogP) is 1.85. The lowest BCUT2D eigenvalue weighted by atomic mass is 9.73. The van der Waals surface area contributed by atoms with Gasteiger partial charge >= 0.3 is 0 Å². The Labute approximate surface area is 162 Å². The van der Waals surface area contributed by atoms with Gasteiger partial charge in [-0.05, 0) is 25.3 Å². The third-order valence-electron chi connectivity index (χ3n) is 5.90. The van der Waals surface area contributed by atoms with Crippen LogP contribution in [0.15, 0.2) is 37.4 Å². The summed E-state index contributed by atoms with van der Waals surface area (Å²) in [7, 11) is 1.88. The number of hydrogen-bond acceptors (Lipinski definition) is 5. The molecule has 1 saturated carbocycles. The fourth-order valence-electron chi connectivity index (χ4n) is 4.33. The number of likely N-dealkylation sites (tertiary alicyclic amines) is 1. The van der Waals surface area contributed by atoms with Crippen LogP contribution in [-0.2, 0) is 11.8 Å². The lowest BCUT2D eigenvalue weighted by Crippen LogP contribution is -2.44. The van der Waals surface area contributed by atoms with Crippen LogP contribution in [0.3, 0.4) is 0 Å². The molecule has 28 heavy (non-hydrogen) atoms. The van der Waals surface area contributed by atoms with E-state index in [-0.39, 0.29) is 12.0 Å². The molecule has 1 saturated heterocycles. The molecular formula is C20H22N6O2. The first kappa shape index (κ1) is 17.0. The lowest BCUT2D eigenvalue weighted by molar-refractivity contribution is -0.125. The molecule has 1 aliphatic heterocycles. The van der Waals surface area contributed by atoms with Crippen molar-refractivity contribution in [2.45, 2.75) is 19.4 Å². The van der Waals surface area contributed by atoms with E-state index < -0.39 is 0 Å². The van der Waals surface area contributed by atoms with Crippen LogP contribution in [0.1, 0.15) is 12.0 Å². The summed E-state index contributed by atoms with van der Waals surface area (Å²) in [6.45, 7) is 7.11. The minimum absolute atomic E-state index is 0.00104. The highest BCUT2D eigenvalue weighted by atomic mass is 16.5. The number of rotatable bonds is 4. The summed E-state index contributed by atoms with van der Waals surface area (Å²) in [5, 5.41) is 8.67. The molecule has 4 heterocycles. The summed E-state index contributed by atoms with van der Waals surface area (Å²) in [6.07, 6.45) is 9.80. The van der Waals surface area contributed by atoms with Crippen LogP contribution in [0.4, 0.5) is 0 Å². The number of carbonyl (C=O) groups is 1. The molecule has 2 fully saturated rings. The quantitative estimate of drug-likeness (QED) is 0.648. The molecule has 0 spiro atoms. The number of ether oxygens (including phenoxy) is 1. The number of carbonyl (C=O) groups excluding carboxylic acids is 1. The van der Waals surface area contributed by atoms with Crippen molar-refractivity contribution in [3.8, 4) is 17.1 Å². The summed E-state index contributed by atoms with van der Waals surface area (Å²) in [4.78, 5) is 18.6. The number of aromatic nitrogens is 5. The molecule has 1 aliphatic carbocycles. The molecule has 0 unspecified atom stereocenters. The van der Waals surface area contributed by atoms with Gasteiger partial charge in [0, 0.05) is 43.4 Å². The van der Waals surface area contributed by atoms with Gasteiger partial charge < -0.3 is 9.64 Å². The smallest absolute Gasteiger partial charge is 0.245 e. The molecule has 3 atom stereocenters. The topological polar surface area (TPSA) is 77.6 Å². The molecule has 0 radical (unpaired) electrons. The maximum atomic E-state index is 11.9. The van der Waals surface area contributed by atoms with Gasteiger partial charge in [0.05, 0.1) is 24.3 Å². The van der Waals surface area contributed by atoms with E-state index in [1.165, 1.54) is 6.08 Å². The highest BCUT2D eigenvalue weighted by molar-refractivity contribution is 5.87. The van der Waals surface area contributed by atoms with Crippen LogP contribution >= 0.6 is 0 Å². The Balaban J connectivity index is 1.45. The van der Waals surface area contributed by atoms with Gasteiger partial charge in [-0.3, -0.25) is 9.48 Å². The number of fused-ring (bicyclic) bond motifs is 2. The van der Waals surface area contributed by atoms with Crippen LogP contribution in [0.5, 0.6) is 5.88 Å². The van der Waals surface area contributed by atoms with Crippen molar-refractivity contribution < 1.29 is 9.53 Å². The number of hydrogen-bond donors (Lipinski definition) is 0. The molecule has 8 heteroatoms. The van der Waals surface area contributed by atoms with E-state index in [9.17, 15) is 4.79 Å². The van der Waals surface area contributed by atoms with Crippen molar-refractivity contribution >= 4 is 11.4 Å². The van der Waals surface area contributed by atoms with Gasteiger partial charge in [-0.2, -0.15) is 10.2 Å². The second-order valence-corrected chi connectivity index (χ2v) is 7.72. The zero-order valence-electron chi connectivity index (χ0n) is 15.9. The van der Waals surface area contributed by atoms with Crippen molar-refractivity contribution in [3.05, 3.63) is 43.0 Å². The van der Waals surface area contributed by atoms with Crippen molar-refractivity contribution in [3.63, 3.8) is 0 Å². The summed E-state index contributed by atoms with van der Waals surface area (Å²) in [5.74, 6) is 1.43. The molecule has 0 N–H and O–H groups in total. The van der Waals surface area contributed by atoms with Crippen LogP contribution in [0.25, 0.3) is 16.8 Å². The molecule has 0 bridgehead atoms. The maximum Gasteiger partial charge on any atom is 0.245 e. The minimum Gasteiger partial charge on any atom is -0.472 e. The van der Waals surface area contributed by atoms with Crippen molar-refractivity contribution in [1.29, 1.82) is 0 Å². The molecule has 2 aliphatic rings. The van der Waals surface area contributed by atoms with Crippen molar-refractivity contribution in [1.82, 2.24) is 29.3 Å². The molecule has 0 aromatic carbocycles. The zero-order chi connectivity index (χ0) is 19.4. The summed E-state index contributed by atoms with van der Waals surface area (Å²) < 4.78 is 9.95. The average molecular weight is 378 g/mol. The van der Waals surface area contributed by atoms with E-state index in [2.05, 4.69) is 16.8 Å². The van der Waals surface area contributed by atoms with E-state index in [1.54, 1.807) is 10.9 Å². The molecular weight excluding hydrogens is 356 g/mol. The average Bonchev–Trinajstić information content (AvgIpc) is 3.37. The maximum absolute atomic E-state index is 11.9. The Kier molecular flexibility index (Phi) is 3.75. The monoisotopic (exact) mass is 378 g/mol. The van der Waals surface area contributed by atoms with Gasteiger partial charge in [0.25, 0.3) is 0 Å². The van der Waals surface area contributed by atoms with Crippen LogP contribution < -0.4 is 4.74 Å². The molecule has 8 nitrogen and oxygen atoms in total. The Hall–Kier alpha value is -3.16. The number of amides is 1. The van der Waals surface area contributed by atoms with Gasteiger partial charge in [-0.25, -0.2) is 9.50 Å². The summed E-state index contributed by atoms with van der Waals surface area (Å²) in [6, 6.07) is 0. The molecule has 3 aromatic rings. The number of nitrogens with zero attached hydrogens (tertiary/aromatic N) is 6. The van der Waals surface area contributed by atoms with E-state index in [0.717, 1.165) is 41.8 Å². The van der Waals surface area contributed by atoms with E-state index in [4.69, 9.17) is 9.72 Å². The molecule has 5 rings (SSSR count). The van der Waals surface area contributed by atoms with Crippen LogP contribution in [-0.4, -0.2) is 54.4 Å². The Morgan fingerprint density at radius 3 is 2.89 bits per heavy atom. The SMILES string of the molecule is C=CC(=O)N1C[C@@H]2C[C@H](Oc3nc(-c4cnn(C)c4)cn4ncc(C)c34)[C@@H]2C1. The highest BCUT2D eigenvalue weighted by Gasteiger charge is 2.49. The largest absolute Gasteiger partial charge is 0.472 e. The Bertz CT molecular complexity index is 1080. The van der Waals surface area contributed by atoms with Gasteiger partial charge in [-0.15, -0.1) is 0 Å². The molecule has 1 amide bonds. The minimum atomic E-state index is -0.00104. The first-order valence-corrected chi connectivity index (χ1v) is 9.45. The zero-order valence-corrected chi connectivity index (χ0v) is 15.9. The van der Waals surface area contributed by atoms with Gasteiger partial charge in [0.15, 0.2) is 0 Å². The van der Waals surface area contributed by atoms with Crippen LogP contribution in [0.2, 0.25) is 0 Å². The fourth-order valence-corrected chi connectivity index (χ4v) is 4.33. The summed E-state index contributed by atoms with van der Waals surface area (Å²) >= 11 is 0. The van der Waals surface area contributed by atoms with E-state index >= 15 is 0 Å². The Morgan fingerprint density at radius 1 is 1.29 bits per heavy atom. The van der Waals surface area contributed by atoms with Crippen molar-refractivity contribution in [2.24, 2.45) is 18.9 Å². The first-order chi connectivity index (χ1) is 13.5. The number of aryl methyl sites for hydroxylation is 2. The second kappa shape index (κ2) is 6.19. The van der Waals surface area contributed by atoms with Gasteiger partial charge in [-0.1, -0.05) is 6.58 Å².